The molecular weight excluding hydrogens is 304 g/mol. The van der Waals surface area contributed by atoms with E-state index in [0.29, 0.717) is 13.0 Å². The molecule has 2 aromatic heterocycles. The van der Waals surface area contributed by atoms with E-state index in [1.807, 2.05) is 24.3 Å². The molecule has 0 aliphatic carbocycles. The van der Waals surface area contributed by atoms with Gasteiger partial charge in [0.05, 0.1) is 19.2 Å². The van der Waals surface area contributed by atoms with Crippen LogP contribution in [0.25, 0.3) is 11.0 Å². The van der Waals surface area contributed by atoms with Crippen LogP contribution in [0.5, 0.6) is 0 Å². The number of carbonyl (C=O) groups is 1. The fourth-order valence-corrected chi connectivity index (χ4v) is 3.26. The summed E-state index contributed by atoms with van der Waals surface area (Å²) in [6.45, 7) is 1.36. The van der Waals surface area contributed by atoms with Crippen LogP contribution >= 0.6 is 0 Å². The Morgan fingerprint density at radius 2 is 2.12 bits per heavy atom. The maximum absolute atomic E-state index is 12.3. The first-order valence-electron chi connectivity index (χ1n) is 8.44. The smallest absolute Gasteiger partial charge is 0.224 e. The molecule has 1 N–H and O–H groups in total. The number of amides is 1. The van der Waals surface area contributed by atoms with Crippen LogP contribution in [-0.4, -0.2) is 20.7 Å². The molecule has 24 heavy (non-hydrogen) atoms. The third kappa shape index (κ3) is 2.91. The van der Waals surface area contributed by atoms with Gasteiger partial charge in [0.15, 0.2) is 5.82 Å². The average Bonchev–Trinajstić information content (AvgIpc) is 3.10. The first kappa shape index (κ1) is 14.9. The highest BCUT2D eigenvalue weighted by atomic mass is 16.3. The second kappa shape index (κ2) is 6.47. The number of aromatic nitrogens is 3. The van der Waals surface area contributed by atoms with Crippen LogP contribution in [0.2, 0.25) is 0 Å². The molecule has 1 aromatic carbocycles. The lowest BCUT2D eigenvalue weighted by Gasteiger charge is -2.08. The molecule has 6 heteroatoms. The molecule has 0 saturated carbocycles. The lowest BCUT2D eigenvalue weighted by atomic mass is 10.1. The van der Waals surface area contributed by atoms with Gasteiger partial charge in [-0.05, 0) is 18.9 Å². The number of nitrogens with zero attached hydrogens (tertiary/aromatic N) is 3. The number of furan rings is 1. The van der Waals surface area contributed by atoms with Crippen LogP contribution < -0.4 is 5.32 Å². The number of aryl methyl sites for hydroxylation is 1. The first-order chi connectivity index (χ1) is 11.8. The van der Waals surface area contributed by atoms with E-state index in [1.54, 1.807) is 6.26 Å². The molecule has 0 radical (unpaired) electrons. The summed E-state index contributed by atoms with van der Waals surface area (Å²) in [6.07, 6.45) is 6.47. The van der Waals surface area contributed by atoms with Crippen molar-refractivity contribution < 1.29 is 9.21 Å². The van der Waals surface area contributed by atoms with Crippen LogP contribution in [-0.2, 0) is 30.7 Å². The molecule has 0 saturated heterocycles. The Balaban J connectivity index is 1.41. The van der Waals surface area contributed by atoms with E-state index in [1.165, 1.54) is 6.42 Å². The Hall–Kier alpha value is -2.63. The van der Waals surface area contributed by atoms with Gasteiger partial charge in [0.2, 0.25) is 5.91 Å². The second-order valence-corrected chi connectivity index (χ2v) is 6.21. The molecule has 0 unspecified atom stereocenters. The Kier molecular flexibility index (Phi) is 4.02. The number of nitrogens with one attached hydrogen (secondary N) is 1. The number of para-hydroxylation sites is 1. The maximum Gasteiger partial charge on any atom is 0.224 e. The Labute approximate surface area is 139 Å². The van der Waals surface area contributed by atoms with E-state index in [4.69, 9.17) is 4.42 Å². The third-order valence-corrected chi connectivity index (χ3v) is 4.54. The van der Waals surface area contributed by atoms with Crippen LogP contribution in [0.1, 0.15) is 36.5 Å². The van der Waals surface area contributed by atoms with Gasteiger partial charge >= 0.3 is 0 Å². The number of carbonyl (C=O) groups excluding carboxylic acids is 1. The zero-order valence-electron chi connectivity index (χ0n) is 13.5. The van der Waals surface area contributed by atoms with E-state index < -0.39 is 0 Å². The highest BCUT2D eigenvalue weighted by molar-refractivity contribution is 5.87. The fraction of sp³-hybridized carbons (Fsp3) is 0.389. The van der Waals surface area contributed by atoms with Gasteiger partial charge < -0.3 is 14.3 Å². The summed E-state index contributed by atoms with van der Waals surface area (Å²) in [7, 11) is 0. The largest absolute Gasteiger partial charge is 0.464 e. The van der Waals surface area contributed by atoms with Crippen molar-refractivity contribution in [3.05, 3.63) is 47.7 Å². The molecule has 3 heterocycles. The van der Waals surface area contributed by atoms with Crippen LogP contribution in [0.4, 0.5) is 0 Å². The number of hydrogen-bond acceptors (Lipinski definition) is 4. The second-order valence-electron chi connectivity index (χ2n) is 6.21. The molecule has 1 amide bonds. The maximum atomic E-state index is 12.3. The van der Waals surface area contributed by atoms with E-state index in [-0.39, 0.29) is 5.91 Å². The third-order valence-electron chi connectivity index (χ3n) is 4.54. The summed E-state index contributed by atoms with van der Waals surface area (Å²) in [5, 5.41) is 12.4. The van der Waals surface area contributed by atoms with Crippen molar-refractivity contribution in [1.29, 1.82) is 0 Å². The van der Waals surface area contributed by atoms with E-state index in [2.05, 4.69) is 20.1 Å². The lowest BCUT2D eigenvalue weighted by Crippen LogP contribution is -2.26. The van der Waals surface area contributed by atoms with E-state index in [9.17, 15) is 4.79 Å². The van der Waals surface area contributed by atoms with Crippen molar-refractivity contribution in [3.8, 4) is 0 Å². The highest BCUT2D eigenvalue weighted by Crippen LogP contribution is 2.21. The highest BCUT2D eigenvalue weighted by Gasteiger charge is 2.16. The quantitative estimate of drug-likeness (QED) is 0.800. The van der Waals surface area contributed by atoms with Gasteiger partial charge in [-0.3, -0.25) is 4.79 Å². The molecule has 0 bridgehead atoms. The van der Waals surface area contributed by atoms with Gasteiger partial charge in [-0.1, -0.05) is 24.6 Å². The molecule has 4 rings (SSSR count). The Bertz CT molecular complexity index is 865. The van der Waals surface area contributed by atoms with Crippen molar-refractivity contribution in [2.45, 2.75) is 45.2 Å². The standard InChI is InChI=1S/C18H20N4O2/c23-18(10-13-12-24-15-7-4-3-6-14(13)15)19-11-17-21-20-16-8-2-1-5-9-22(16)17/h3-4,6-7,12H,1-2,5,8-11H2,(H,19,23). The van der Waals surface area contributed by atoms with Gasteiger partial charge in [0.25, 0.3) is 0 Å². The summed E-state index contributed by atoms with van der Waals surface area (Å²) in [5.41, 5.74) is 1.71. The van der Waals surface area contributed by atoms with Crippen molar-refractivity contribution >= 4 is 16.9 Å². The minimum absolute atomic E-state index is 0.0347. The van der Waals surface area contributed by atoms with Crippen molar-refractivity contribution in [2.24, 2.45) is 0 Å². The number of hydrogen-bond donors (Lipinski definition) is 1. The topological polar surface area (TPSA) is 73.0 Å². The molecule has 0 atom stereocenters. The minimum atomic E-state index is -0.0347. The first-order valence-corrected chi connectivity index (χ1v) is 8.44. The summed E-state index contributed by atoms with van der Waals surface area (Å²) in [6, 6.07) is 7.75. The Morgan fingerprint density at radius 3 is 3.08 bits per heavy atom. The lowest BCUT2D eigenvalue weighted by molar-refractivity contribution is -0.120. The monoisotopic (exact) mass is 324 g/mol. The number of benzene rings is 1. The van der Waals surface area contributed by atoms with Gasteiger partial charge in [0, 0.05) is 23.9 Å². The molecule has 3 aromatic rings. The van der Waals surface area contributed by atoms with E-state index in [0.717, 1.165) is 54.0 Å². The van der Waals surface area contributed by atoms with Crippen molar-refractivity contribution in [1.82, 2.24) is 20.1 Å². The molecular formula is C18H20N4O2. The average molecular weight is 324 g/mol. The zero-order valence-corrected chi connectivity index (χ0v) is 13.5. The van der Waals surface area contributed by atoms with Crippen molar-refractivity contribution in [2.75, 3.05) is 0 Å². The van der Waals surface area contributed by atoms with Gasteiger partial charge in [-0.2, -0.15) is 0 Å². The van der Waals surface area contributed by atoms with E-state index >= 15 is 0 Å². The minimum Gasteiger partial charge on any atom is -0.464 e. The molecule has 0 fully saturated rings. The van der Waals surface area contributed by atoms with Gasteiger partial charge in [-0.15, -0.1) is 10.2 Å². The molecule has 124 valence electrons. The molecule has 0 spiro atoms. The normalized spacial score (nSPS) is 14.3. The van der Waals surface area contributed by atoms with Crippen LogP contribution in [0.3, 0.4) is 0 Å². The van der Waals surface area contributed by atoms with Gasteiger partial charge in [-0.25, -0.2) is 0 Å². The predicted octanol–water partition coefficient (Wildman–Crippen LogP) is 2.61. The molecule has 6 nitrogen and oxygen atoms in total. The number of fused-ring (bicyclic) bond motifs is 2. The number of rotatable bonds is 4. The van der Waals surface area contributed by atoms with Gasteiger partial charge in [0.1, 0.15) is 11.4 Å². The van der Waals surface area contributed by atoms with Crippen molar-refractivity contribution in [3.63, 3.8) is 0 Å². The fourth-order valence-electron chi connectivity index (χ4n) is 3.26. The molecule has 1 aliphatic rings. The summed E-state index contributed by atoms with van der Waals surface area (Å²) in [5.74, 6) is 1.85. The SMILES string of the molecule is O=C(Cc1coc2ccccc12)NCc1nnc2n1CCCCC2. The van der Waals surface area contributed by atoms with Crippen LogP contribution in [0, 0.1) is 0 Å². The Morgan fingerprint density at radius 1 is 1.21 bits per heavy atom. The summed E-state index contributed by atoms with van der Waals surface area (Å²) < 4.78 is 7.64. The summed E-state index contributed by atoms with van der Waals surface area (Å²) >= 11 is 0. The zero-order chi connectivity index (χ0) is 16.4. The summed E-state index contributed by atoms with van der Waals surface area (Å²) in [4.78, 5) is 12.3. The predicted molar refractivity (Wildman–Crippen MR) is 89.3 cm³/mol. The molecule has 1 aliphatic heterocycles. The van der Waals surface area contributed by atoms with Crippen LogP contribution in [0.15, 0.2) is 34.9 Å².